The zero-order valence-electron chi connectivity index (χ0n) is 10.1. The summed E-state index contributed by atoms with van der Waals surface area (Å²) < 4.78 is 6.19. The maximum atomic E-state index is 6.33. The summed E-state index contributed by atoms with van der Waals surface area (Å²) in [6, 6.07) is 6.20. The molecule has 0 aromatic heterocycles. The Hall–Kier alpha value is -0.580. The Balaban J connectivity index is 2.12. The van der Waals surface area contributed by atoms with E-state index in [1.807, 2.05) is 6.07 Å². The van der Waals surface area contributed by atoms with Crippen molar-refractivity contribution in [3.63, 3.8) is 0 Å². The van der Waals surface area contributed by atoms with Gasteiger partial charge in [-0.3, -0.25) is 0 Å². The Morgan fingerprint density at radius 2 is 2.35 bits per heavy atom. The van der Waals surface area contributed by atoms with Crippen LogP contribution in [0.4, 0.5) is 0 Å². The summed E-state index contributed by atoms with van der Waals surface area (Å²) in [7, 11) is 1.67. The molecule has 17 heavy (non-hydrogen) atoms. The number of nitrogens with one attached hydrogen (secondary N) is 1. The monoisotopic (exact) mass is 298 g/mol. The highest BCUT2D eigenvalue weighted by Crippen LogP contribution is 2.31. The summed E-state index contributed by atoms with van der Waals surface area (Å²) >= 11 is 3.50. The topological polar surface area (TPSA) is 47.3 Å². The van der Waals surface area contributed by atoms with Crippen molar-refractivity contribution in [2.45, 2.75) is 18.9 Å². The smallest absolute Gasteiger partial charge is 0.133 e. The fourth-order valence-electron chi connectivity index (χ4n) is 2.35. The van der Waals surface area contributed by atoms with E-state index in [2.05, 4.69) is 33.4 Å². The molecule has 1 saturated heterocycles. The molecule has 1 fully saturated rings. The fourth-order valence-corrected chi connectivity index (χ4v) is 2.91. The first-order chi connectivity index (χ1) is 8.22. The van der Waals surface area contributed by atoms with Gasteiger partial charge in [0.05, 0.1) is 11.6 Å². The number of hydrogen-bond donors (Lipinski definition) is 2. The third kappa shape index (κ3) is 3.00. The van der Waals surface area contributed by atoms with Gasteiger partial charge in [0.25, 0.3) is 0 Å². The van der Waals surface area contributed by atoms with Gasteiger partial charge < -0.3 is 15.8 Å². The molecule has 1 aliphatic rings. The lowest BCUT2D eigenvalue weighted by Crippen LogP contribution is -2.36. The predicted molar refractivity (Wildman–Crippen MR) is 73.2 cm³/mol. The van der Waals surface area contributed by atoms with Gasteiger partial charge >= 0.3 is 0 Å². The van der Waals surface area contributed by atoms with Gasteiger partial charge in [-0.1, -0.05) is 6.07 Å². The number of benzene rings is 1. The van der Waals surface area contributed by atoms with Crippen molar-refractivity contribution >= 4 is 15.9 Å². The van der Waals surface area contributed by atoms with Crippen molar-refractivity contribution in [3.8, 4) is 5.75 Å². The summed E-state index contributed by atoms with van der Waals surface area (Å²) in [6.45, 7) is 2.14. The van der Waals surface area contributed by atoms with E-state index in [-0.39, 0.29) is 6.04 Å². The van der Waals surface area contributed by atoms with Crippen LogP contribution in [-0.2, 0) is 0 Å². The van der Waals surface area contributed by atoms with Crippen molar-refractivity contribution in [3.05, 3.63) is 28.2 Å². The molecule has 0 amide bonds. The van der Waals surface area contributed by atoms with Crippen LogP contribution in [0.5, 0.6) is 5.75 Å². The molecule has 3 nitrogen and oxygen atoms in total. The minimum Gasteiger partial charge on any atom is -0.496 e. The van der Waals surface area contributed by atoms with Gasteiger partial charge in [-0.15, -0.1) is 0 Å². The highest BCUT2D eigenvalue weighted by molar-refractivity contribution is 9.10. The molecular formula is C13H19BrN2O. The molecule has 1 aliphatic heterocycles. The number of hydrogen-bond acceptors (Lipinski definition) is 3. The molecule has 0 aliphatic carbocycles. The lowest BCUT2D eigenvalue weighted by Gasteiger charge is -2.28. The standard InChI is InChI=1S/C13H19BrN2O/c1-17-12-5-4-9(7-11(12)14)13(15)10-3-2-6-16-8-10/h4-5,7,10,13,16H,2-3,6,8,15H2,1H3. The van der Waals surface area contributed by atoms with Crippen LogP contribution in [0.3, 0.4) is 0 Å². The second-order valence-electron chi connectivity index (χ2n) is 4.53. The first kappa shape index (κ1) is 12.9. The molecule has 0 spiro atoms. The Morgan fingerprint density at radius 1 is 1.53 bits per heavy atom. The molecule has 2 rings (SSSR count). The first-order valence-electron chi connectivity index (χ1n) is 6.02. The molecule has 1 aromatic rings. The van der Waals surface area contributed by atoms with E-state index < -0.39 is 0 Å². The quantitative estimate of drug-likeness (QED) is 0.901. The fraction of sp³-hybridized carbons (Fsp3) is 0.538. The van der Waals surface area contributed by atoms with Crippen LogP contribution in [-0.4, -0.2) is 20.2 Å². The zero-order chi connectivity index (χ0) is 12.3. The summed E-state index contributed by atoms with van der Waals surface area (Å²) in [5.41, 5.74) is 7.50. The molecule has 1 aromatic carbocycles. The van der Waals surface area contributed by atoms with Crippen LogP contribution >= 0.6 is 15.9 Å². The average Bonchev–Trinajstić information content (AvgIpc) is 2.39. The highest BCUT2D eigenvalue weighted by Gasteiger charge is 2.22. The summed E-state index contributed by atoms with van der Waals surface area (Å²) in [4.78, 5) is 0. The number of piperidine rings is 1. The second kappa shape index (κ2) is 5.85. The zero-order valence-corrected chi connectivity index (χ0v) is 11.7. The van der Waals surface area contributed by atoms with Crippen LogP contribution in [0.2, 0.25) is 0 Å². The van der Waals surface area contributed by atoms with E-state index in [1.165, 1.54) is 18.4 Å². The highest BCUT2D eigenvalue weighted by atomic mass is 79.9. The van der Waals surface area contributed by atoms with Crippen molar-refractivity contribution in [1.82, 2.24) is 5.32 Å². The van der Waals surface area contributed by atoms with Crippen molar-refractivity contribution in [2.75, 3.05) is 20.2 Å². The number of halogens is 1. The molecule has 0 saturated carbocycles. The van der Waals surface area contributed by atoms with E-state index in [4.69, 9.17) is 10.5 Å². The minimum atomic E-state index is 0.102. The van der Waals surface area contributed by atoms with Gasteiger partial charge in [-0.2, -0.15) is 0 Å². The summed E-state index contributed by atoms with van der Waals surface area (Å²) in [5.74, 6) is 1.38. The molecule has 94 valence electrons. The Kier molecular flexibility index (Phi) is 4.42. The number of nitrogens with two attached hydrogens (primary N) is 1. The third-order valence-corrected chi connectivity index (χ3v) is 4.02. The van der Waals surface area contributed by atoms with Crippen molar-refractivity contribution < 1.29 is 4.74 Å². The molecule has 2 unspecified atom stereocenters. The summed E-state index contributed by atoms with van der Waals surface area (Å²) in [5, 5.41) is 3.41. The van der Waals surface area contributed by atoms with Crippen LogP contribution < -0.4 is 15.8 Å². The van der Waals surface area contributed by atoms with Gasteiger partial charge in [-0.25, -0.2) is 0 Å². The van der Waals surface area contributed by atoms with Crippen molar-refractivity contribution in [2.24, 2.45) is 11.7 Å². The Bertz CT molecular complexity index is 378. The van der Waals surface area contributed by atoms with Crippen molar-refractivity contribution in [1.29, 1.82) is 0 Å². The average molecular weight is 299 g/mol. The lowest BCUT2D eigenvalue weighted by atomic mass is 9.88. The van der Waals surface area contributed by atoms with Crippen LogP contribution in [0.1, 0.15) is 24.4 Å². The summed E-state index contributed by atoms with van der Waals surface area (Å²) in [6.07, 6.45) is 2.42. The molecule has 0 radical (unpaired) electrons. The SMILES string of the molecule is COc1ccc(C(N)C2CCCNC2)cc1Br. The van der Waals surface area contributed by atoms with E-state index in [0.717, 1.165) is 23.3 Å². The molecule has 1 heterocycles. The molecule has 0 bridgehead atoms. The van der Waals surface area contributed by atoms with Gasteiger partial charge in [-0.05, 0) is 65.5 Å². The molecule has 2 atom stereocenters. The van der Waals surface area contributed by atoms with E-state index >= 15 is 0 Å². The first-order valence-corrected chi connectivity index (χ1v) is 6.81. The van der Waals surface area contributed by atoms with Gasteiger partial charge in [0.1, 0.15) is 5.75 Å². The van der Waals surface area contributed by atoms with Gasteiger partial charge in [0, 0.05) is 6.04 Å². The predicted octanol–water partition coefficient (Wildman–Crippen LogP) is 2.46. The lowest BCUT2D eigenvalue weighted by molar-refractivity contribution is 0.326. The van der Waals surface area contributed by atoms with Gasteiger partial charge in [0.2, 0.25) is 0 Å². The Morgan fingerprint density at radius 3 is 2.94 bits per heavy atom. The number of rotatable bonds is 3. The largest absolute Gasteiger partial charge is 0.496 e. The van der Waals surface area contributed by atoms with E-state index in [0.29, 0.717) is 5.92 Å². The maximum absolute atomic E-state index is 6.33. The van der Waals surface area contributed by atoms with Crippen LogP contribution in [0.15, 0.2) is 22.7 Å². The van der Waals surface area contributed by atoms with Crippen LogP contribution in [0.25, 0.3) is 0 Å². The van der Waals surface area contributed by atoms with Crippen LogP contribution in [0, 0.1) is 5.92 Å². The number of ether oxygens (including phenoxy) is 1. The number of methoxy groups -OCH3 is 1. The minimum absolute atomic E-state index is 0.102. The second-order valence-corrected chi connectivity index (χ2v) is 5.38. The molecule has 4 heteroatoms. The Labute approximate surface area is 111 Å². The molecule has 3 N–H and O–H groups in total. The third-order valence-electron chi connectivity index (χ3n) is 3.40. The van der Waals surface area contributed by atoms with Gasteiger partial charge in [0.15, 0.2) is 0 Å². The normalized spacial score (nSPS) is 22.2. The van der Waals surface area contributed by atoms with E-state index in [9.17, 15) is 0 Å². The van der Waals surface area contributed by atoms with E-state index in [1.54, 1.807) is 7.11 Å². The molecular weight excluding hydrogens is 280 g/mol. The maximum Gasteiger partial charge on any atom is 0.133 e.